The Bertz CT molecular complexity index is 930. The smallest absolute Gasteiger partial charge is 0.238 e. The van der Waals surface area contributed by atoms with Crippen molar-refractivity contribution in [2.45, 2.75) is 5.37 Å². The van der Waals surface area contributed by atoms with Gasteiger partial charge in [-0.15, -0.1) is 11.8 Å². The van der Waals surface area contributed by atoms with Crippen LogP contribution >= 0.6 is 35.0 Å². The summed E-state index contributed by atoms with van der Waals surface area (Å²) in [6.45, 7) is 0. The highest BCUT2D eigenvalue weighted by molar-refractivity contribution is 8.00. The maximum absolute atomic E-state index is 12.4. The van der Waals surface area contributed by atoms with Gasteiger partial charge in [0.25, 0.3) is 0 Å². The van der Waals surface area contributed by atoms with Gasteiger partial charge < -0.3 is 0 Å². The normalized spacial score (nSPS) is 17.7. The Hall–Kier alpha value is -1.75. The lowest BCUT2D eigenvalue weighted by Gasteiger charge is -2.25. The number of hydrogen-bond acceptors (Lipinski definition) is 3. The van der Waals surface area contributed by atoms with Crippen LogP contribution < -0.4 is 4.90 Å². The Morgan fingerprint density at radius 3 is 2.62 bits per heavy atom. The van der Waals surface area contributed by atoms with Gasteiger partial charge in [0, 0.05) is 21.7 Å². The fourth-order valence-corrected chi connectivity index (χ4v) is 4.44. The number of fused-ring (bicyclic) bond motifs is 1. The van der Waals surface area contributed by atoms with Crippen molar-refractivity contribution in [3.05, 3.63) is 70.3 Å². The van der Waals surface area contributed by atoms with Crippen molar-refractivity contribution in [2.24, 2.45) is 0 Å². The van der Waals surface area contributed by atoms with Crippen molar-refractivity contribution in [2.75, 3.05) is 10.7 Å². The highest BCUT2D eigenvalue weighted by Crippen LogP contribution is 2.44. The van der Waals surface area contributed by atoms with Crippen LogP contribution in [0.5, 0.6) is 0 Å². The number of halogens is 2. The highest BCUT2D eigenvalue weighted by atomic mass is 35.5. The Balaban J connectivity index is 1.81. The van der Waals surface area contributed by atoms with Crippen molar-refractivity contribution in [3.63, 3.8) is 0 Å². The number of nitrogens with zero attached hydrogens (tertiary/aromatic N) is 2. The Morgan fingerprint density at radius 1 is 1.08 bits per heavy atom. The molecular weight excluding hydrogens is 363 g/mol. The molecule has 3 nitrogen and oxygen atoms in total. The molecule has 1 amide bonds. The van der Waals surface area contributed by atoms with Crippen LogP contribution in [-0.4, -0.2) is 16.6 Å². The summed E-state index contributed by atoms with van der Waals surface area (Å²) in [6.07, 6.45) is 0. The Labute approximate surface area is 153 Å². The predicted molar refractivity (Wildman–Crippen MR) is 101 cm³/mol. The molecule has 0 bridgehead atoms. The number of carbonyl (C=O) groups is 1. The number of rotatable bonds is 2. The van der Waals surface area contributed by atoms with Gasteiger partial charge in [-0.1, -0.05) is 41.4 Å². The molecule has 0 radical (unpaired) electrons. The fourth-order valence-electron chi connectivity index (χ4n) is 2.82. The number of thioether (sulfide) groups is 1. The average molecular weight is 375 g/mol. The van der Waals surface area contributed by atoms with Gasteiger partial charge in [-0.05, 0) is 36.4 Å². The molecule has 0 aliphatic carbocycles. The molecule has 0 spiro atoms. The number of pyridine rings is 1. The lowest BCUT2D eigenvalue weighted by molar-refractivity contribution is -0.115. The number of aromatic nitrogens is 1. The molecule has 1 aromatic heterocycles. The zero-order chi connectivity index (χ0) is 16.7. The number of amides is 1. The van der Waals surface area contributed by atoms with Crippen LogP contribution in [0.4, 0.5) is 5.69 Å². The van der Waals surface area contributed by atoms with Crippen molar-refractivity contribution in [1.82, 2.24) is 4.98 Å². The molecule has 0 N–H and O–H groups in total. The van der Waals surface area contributed by atoms with Crippen molar-refractivity contribution in [3.8, 4) is 0 Å². The van der Waals surface area contributed by atoms with E-state index in [4.69, 9.17) is 23.2 Å². The van der Waals surface area contributed by atoms with Gasteiger partial charge >= 0.3 is 0 Å². The first kappa shape index (κ1) is 15.8. The van der Waals surface area contributed by atoms with Crippen LogP contribution in [0.15, 0.2) is 54.6 Å². The number of para-hydroxylation sites is 1. The molecule has 3 aromatic rings. The molecule has 1 fully saturated rings. The molecule has 2 heterocycles. The van der Waals surface area contributed by atoms with Gasteiger partial charge in [0.2, 0.25) is 5.91 Å². The van der Waals surface area contributed by atoms with Gasteiger partial charge in [-0.25, -0.2) is 4.98 Å². The van der Waals surface area contributed by atoms with E-state index in [2.05, 4.69) is 4.98 Å². The minimum Gasteiger partial charge on any atom is -0.295 e. The first-order valence-corrected chi connectivity index (χ1v) is 9.18. The second kappa shape index (κ2) is 6.28. The molecule has 1 saturated heterocycles. The van der Waals surface area contributed by atoms with Crippen LogP contribution in [0.1, 0.15) is 10.9 Å². The van der Waals surface area contributed by atoms with Crippen LogP contribution in [0.3, 0.4) is 0 Å². The van der Waals surface area contributed by atoms with Crippen molar-refractivity contribution >= 4 is 57.5 Å². The molecule has 1 aliphatic heterocycles. The van der Waals surface area contributed by atoms with Gasteiger partial charge in [0.05, 0.1) is 11.3 Å². The van der Waals surface area contributed by atoms with Crippen LogP contribution in [0.25, 0.3) is 10.9 Å². The van der Waals surface area contributed by atoms with E-state index in [0.717, 1.165) is 22.2 Å². The lowest BCUT2D eigenvalue weighted by atomic mass is 10.1. The number of hydrogen-bond donors (Lipinski definition) is 0. The monoisotopic (exact) mass is 374 g/mol. The van der Waals surface area contributed by atoms with Gasteiger partial charge in [-0.2, -0.15) is 0 Å². The second-order valence-electron chi connectivity index (χ2n) is 5.46. The van der Waals surface area contributed by atoms with Gasteiger partial charge in [-0.3, -0.25) is 9.69 Å². The molecular formula is C18H12Cl2N2OS. The summed E-state index contributed by atoms with van der Waals surface area (Å²) in [4.78, 5) is 18.7. The van der Waals surface area contributed by atoms with E-state index in [1.807, 2.05) is 42.5 Å². The fraction of sp³-hybridized carbons (Fsp3) is 0.111. The molecule has 1 unspecified atom stereocenters. The maximum Gasteiger partial charge on any atom is 0.238 e. The topological polar surface area (TPSA) is 33.2 Å². The maximum atomic E-state index is 12.4. The van der Waals surface area contributed by atoms with Crippen LogP contribution in [-0.2, 0) is 4.79 Å². The largest absolute Gasteiger partial charge is 0.295 e. The lowest BCUT2D eigenvalue weighted by Crippen LogP contribution is -2.28. The SMILES string of the molecule is O=C1CSC(c2cc3ccccc3nc2Cl)N1c1ccc(Cl)cc1. The molecule has 0 saturated carbocycles. The molecule has 1 aliphatic rings. The zero-order valence-electron chi connectivity index (χ0n) is 12.4. The Morgan fingerprint density at radius 2 is 1.83 bits per heavy atom. The summed E-state index contributed by atoms with van der Waals surface area (Å²) in [7, 11) is 0. The third kappa shape index (κ3) is 2.75. The first-order valence-electron chi connectivity index (χ1n) is 7.38. The predicted octanol–water partition coefficient (Wildman–Crippen LogP) is 5.32. The third-order valence-corrected chi connectivity index (χ3v) is 5.69. The summed E-state index contributed by atoms with van der Waals surface area (Å²) in [6, 6.07) is 17.1. The van der Waals surface area contributed by atoms with E-state index in [9.17, 15) is 4.79 Å². The summed E-state index contributed by atoms with van der Waals surface area (Å²) < 4.78 is 0. The number of carbonyl (C=O) groups excluding carboxylic acids is 1. The minimum absolute atomic E-state index is 0.0524. The van der Waals surface area contributed by atoms with Gasteiger partial charge in [0.1, 0.15) is 10.5 Å². The van der Waals surface area contributed by atoms with Crippen LogP contribution in [0.2, 0.25) is 10.2 Å². The molecule has 2 aromatic carbocycles. The summed E-state index contributed by atoms with van der Waals surface area (Å²) in [5, 5.41) is 1.89. The number of benzene rings is 2. The quantitative estimate of drug-likeness (QED) is 0.569. The number of anilines is 1. The van der Waals surface area contributed by atoms with Gasteiger partial charge in [0.15, 0.2) is 0 Å². The van der Waals surface area contributed by atoms with E-state index in [0.29, 0.717) is 15.9 Å². The average Bonchev–Trinajstić information content (AvgIpc) is 2.96. The van der Waals surface area contributed by atoms with E-state index >= 15 is 0 Å². The Kier molecular flexibility index (Phi) is 4.12. The summed E-state index contributed by atoms with van der Waals surface area (Å²) in [5.41, 5.74) is 2.50. The molecule has 4 rings (SSSR count). The third-order valence-electron chi connectivity index (χ3n) is 3.94. The summed E-state index contributed by atoms with van der Waals surface area (Å²) >= 11 is 13.9. The minimum atomic E-state index is -0.191. The second-order valence-corrected chi connectivity index (χ2v) is 7.33. The molecule has 6 heteroatoms. The van der Waals surface area contributed by atoms with E-state index < -0.39 is 0 Å². The van der Waals surface area contributed by atoms with Crippen LogP contribution in [0, 0.1) is 0 Å². The molecule has 120 valence electrons. The molecule has 24 heavy (non-hydrogen) atoms. The standard InChI is InChI=1S/C18H12Cl2N2OS/c19-12-5-7-13(8-6-12)22-16(23)10-24-18(22)14-9-11-3-1-2-4-15(11)21-17(14)20/h1-9,18H,10H2. The zero-order valence-corrected chi connectivity index (χ0v) is 14.8. The van der Waals surface area contributed by atoms with E-state index in [1.165, 1.54) is 0 Å². The van der Waals surface area contributed by atoms with E-state index in [1.54, 1.807) is 28.8 Å². The van der Waals surface area contributed by atoms with Crippen molar-refractivity contribution < 1.29 is 4.79 Å². The summed E-state index contributed by atoms with van der Waals surface area (Å²) in [5.74, 6) is 0.466. The van der Waals surface area contributed by atoms with Crippen molar-refractivity contribution in [1.29, 1.82) is 0 Å². The first-order chi connectivity index (χ1) is 11.6. The van der Waals surface area contributed by atoms with E-state index in [-0.39, 0.29) is 11.3 Å². The molecule has 1 atom stereocenters. The highest BCUT2D eigenvalue weighted by Gasteiger charge is 2.35.